The summed E-state index contributed by atoms with van der Waals surface area (Å²) in [7, 11) is 3.23. The van der Waals surface area contributed by atoms with Crippen molar-refractivity contribution in [1.82, 2.24) is 18.7 Å². The summed E-state index contributed by atoms with van der Waals surface area (Å²) >= 11 is 11.9. The van der Waals surface area contributed by atoms with Crippen LogP contribution in [0, 0.1) is 0 Å². The van der Waals surface area contributed by atoms with Gasteiger partial charge in [-0.1, -0.05) is 23.2 Å². The Kier molecular flexibility index (Phi) is 5.08. The number of rotatable bonds is 5. The smallest absolute Gasteiger partial charge is 0.337 e. The van der Waals surface area contributed by atoms with Gasteiger partial charge in [-0.3, -0.25) is 9.36 Å². The molecule has 1 aromatic carbocycles. The number of benzene rings is 1. The number of hydrogen-bond acceptors (Lipinski definition) is 5. The molecule has 2 aromatic heterocycles. The number of anilines is 1. The highest BCUT2D eigenvalue weighted by Gasteiger charge is 2.19. The quantitative estimate of drug-likeness (QED) is 0.636. The second kappa shape index (κ2) is 7.14. The van der Waals surface area contributed by atoms with Crippen LogP contribution < -0.4 is 16.6 Å². The van der Waals surface area contributed by atoms with Crippen molar-refractivity contribution in [2.45, 2.75) is 6.42 Å². The van der Waals surface area contributed by atoms with Crippen LogP contribution in [0.1, 0.15) is 6.42 Å². The molecule has 3 aromatic rings. The maximum atomic E-state index is 13.0. The van der Waals surface area contributed by atoms with E-state index in [1.54, 1.807) is 24.7 Å². The van der Waals surface area contributed by atoms with Crippen LogP contribution in [-0.4, -0.2) is 36.9 Å². The van der Waals surface area contributed by atoms with Gasteiger partial charge in [-0.25, -0.2) is 9.36 Å². The maximum Gasteiger partial charge on any atom is 0.337 e. The Morgan fingerprint density at radius 3 is 2.54 bits per heavy atom. The van der Waals surface area contributed by atoms with Crippen LogP contribution in [0.4, 0.5) is 5.95 Å². The molecule has 26 heavy (non-hydrogen) atoms. The van der Waals surface area contributed by atoms with Crippen molar-refractivity contribution in [3.05, 3.63) is 49.1 Å². The van der Waals surface area contributed by atoms with E-state index >= 15 is 0 Å². The van der Waals surface area contributed by atoms with Crippen LogP contribution in [0.3, 0.4) is 0 Å². The van der Waals surface area contributed by atoms with Gasteiger partial charge in [0.2, 0.25) is 5.95 Å². The van der Waals surface area contributed by atoms with Gasteiger partial charge in [-0.15, -0.1) is 0 Å². The van der Waals surface area contributed by atoms with Crippen molar-refractivity contribution in [2.24, 2.45) is 14.1 Å². The topological polar surface area (TPSA) is 94.1 Å². The summed E-state index contributed by atoms with van der Waals surface area (Å²) < 4.78 is 3.92. The van der Waals surface area contributed by atoms with Gasteiger partial charge in [0.15, 0.2) is 11.2 Å². The molecule has 0 saturated carbocycles. The SMILES string of the molecule is Cn1c(NCCCO)nc2c1c(=O)n(-c1ccc(Cl)c(Cl)c1)c(=O)n2C. The number of nitrogens with one attached hydrogen (secondary N) is 1. The molecule has 2 N–H and O–H groups in total. The fraction of sp³-hybridized carbons (Fsp3) is 0.312. The highest BCUT2D eigenvalue weighted by atomic mass is 35.5. The number of aromatic nitrogens is 4. The number of fused-ring (bicyclic) bond motifs is 1. The number of hydrogen-bond donors (Lipinski definition) is 2. The predicted molar refractivity (Wildman–Crippen MR) is 102 cm³/mol. The van der Waals surface area contributed by atoms with Crippen molar-refractivity contribution in [2.75, 3.05) is 18.5 Å². The zero-order valence-electron chi connectivity index (χ0n) is 14.2. The molecule has 0 amide bonds. The summed E-state index contributed by atoms with van der Waals surface area (Å²) in [6.07, 6.45) is 0.537. The van der Waals surface area contributed by atoms with Gasteiger partial charge in [-0.2, -0.15) is 4.98 Å². The monoisotopic (exact) mass is 397 g/mol. The standard InChI is InChI=1S/C16H17Cl2N5O3/c1-21-12-13(20-15(21)19-6-3-7-24)22(2)16(26)23(14(12)25)9-4-5-10(17)11(18)8-9/h4-5,8,24H,3,6-7H2,1-2H3,(H,19,20). The molecule has 0 fully saturated rings. The first-order chi connectivity index (χ1) is 12.4. The number of imidazole rings is 1. The van der Waals surface area contributed by atoms with Crippen LogP contribution in [0.15, 0.2) is 27.8 Å². The predicted octanol–water partition coefficient (Wildman–Crippen LogP) is 1.52. The fourth-order valence-electron chi connectivity index (χ4n) is 2.68. The van der Waals surface area contributed by atoms with E-state index in [2.05, 4.69) is 10.3 Å². The molecule has 0 aliphatic rings. The Labute approximate surface area is 158 Å². The minimum atomic E-state index is -0.541. The largest absolute Gasteiger partial charge is 0.396 e. The molecule has 8 nitrogen and oxygen atoms in total. The second-order valence-corrected chi connectivity index (χ2v) is 6.57. The number of nitrogens with zero attached hydrogens (tertiary/aromatic N) is 4. The molecule has 138 valence electrons. The average molecular weight is 398 g/mol. The van der Waals surface area contributed by atoms with Gasteiger partial charge < -0.3 is 15.0 Å². The van der Waals surface area contributed by atoms with Gasteiger partial charge in [0.25, 0.3) is 5.56 Å². The molecule has 0 spiro atoms. The first kappa shape index (κ1) is 18.5. The molecule has 0 saturated heterocycles. The van der Waals surface area contributed by atoms with Crippen LogP contribution in [-0.2, 0) is 14.1 Å². The lowest BCUT2D eigenvalue weighted by molar-refractivity contribution is 0.292. The molecule has 0 atom stereocenters. The molecular formula is C16H17Cl2N5O3. The van der Waals surface area contributed by atoms with Crippen LogP contribution in [0.5, 0.6) is 0 Å². The van der Waals surface area contributed by atoms with E-state index < -0.39 is 11.2 Å². The van der Waals surface area contributed by atoms with Gasteiger partial charge in [-0.05, 0) is 24.6 Å². The van der Waals surface area contributed by atoms with E-state index in [-0.39, 0.29) is 22.8 Å². The summed E-state index contributed by atoms with van der Waals surface area (Å²) in [6, 6.07) is 4.55. The first-order valence-corrected chi connectivity index (χ1v) is 8.61. The zero-order valence-corrected chi connectivity index (χ0v) is 15.7. The summed E-state index contributed by atoms with van der Waals surface area (Å²) in [5.41, 5.74) is -0.189. The third-order valence-corrected chi connectivity index (χ3v) is 4.80. The zero-order chi connectivity index (χ0) is 19.0. The summed E-state index contributed by atoms with van der Waals surface area (Å²) in [4.78, 5) is 30.1. The van der Waals surface area contributed by atoms with E-state index in [1.807, 2.05) is 0 Å². The third kappa shape index (κ3) is 3.00. The van der Waals surface area contributed by atoms with Crippen molar-refractivity contribution in [3.8, 4) is 5.69 Å². The molecule has 2 heterocycles. The lowest BCUT2D eigenvalue weighted by atomic mass is 10.3. The van der Waals surface area contributed by atoms with E-state index in [4.69, 9.17) is 28.3 Å². The van der Waals surface area contributed by atoms with Gasteiger partial charge >= 0.3 is 5.69 Å². The van der Waals surface area contributed by atoms with Gasteiger partial charge in [0.05, 0.1) is 15.7 Å². The minimum absolute atomic E-state index is 0.0412. The van der Waals surface area contributed by atoms with E-state index in [9.17, 15) is 9.59 Å². The molecule has 0 aliphatic heterocycles. The number of aryl methyl sites for hydroxylation is 2. The lowest BCUT2D eigenvalue weighted by Crippen LogP contribution is -2.38. The minimum Gasteiger partial charge on any atom is -0.396 e. The normalized spacial score (nSPS) is 11.3. The van der Waals surface area contributed by atoms with Crippen LogP contribution in [0.2, 0.25) is 10.0 Å². The molecule has 0 radical (unpaired) electrons. The molecule has 10 heteroatoms. The van der Waals surface area contributed by atoms with E-state index in [0.29, 0.717) is 29.6 Å². The maximum absolute atomic E-state index is 13.0. The Morgan fingerprint density at radius 2 is 1.88 bits per heavy atom. The third-order valence-electron chi connectivity index (χ3n) is 4.06. The van der Waals surface area contributed by atoms with Crippen molar-refractivity contribution >= 4 is 40.3 Å². The van der Waals surface area contributed by atoms with Crippen molar-refractivity contribution in [3.63, 3.8) is 0 Å². The fourth-order valence-corrected chi connectivity index (χ4v) is 2.97. The number of halogens is 2. The Bertz CT molecular complexity index is 1100. The highest BCUT2D eigenvalue weighted by Crippen LogP contribution is 2.23. The Hall–Kier alpha value is -2.29. The number of aliphatic hydroxyl groups is 1. The van der Waals surface area contributed by atoms with Gasteiger partial charge in [0, 0.05) is 27.2 Å². The molecule has 0 unspecified atom stereocenters. The van der Waals surface area contributed by atoms with E-state index in [0.717, 1.165) is 4.57 Å². The van der Waals surface area contributed by atoms with Crippen molar-refractivity contribution < 1.29 is 5.11 Å². The first-order valence-electron chi connectivity index (χ1n) is 7.85. The Morgan fingerprint density at radius 1 is 1.15 bits per heavy atom. The molecule has 3 rings (SSSR count). The van der Waals surface area contributed by atoms with Crippen LogP contribution in [0.25, 0.3) is 16.9 Å². The summed E-state index contributed by atoms with van der Waals surface area (Å²) in [6.45, 7) is 0.530. The average Bonchev–Trinajstić information content (AvgIpc) is 2.93. The molecule has 0 aliphatic carbocycles. The number of aliphatic hydroxyl groups excluding tert-OH is 1. The van der Waals surface area contributed by atoms with Crippen LogP contribution >= 0.6 is 23.2 Å². The van der Waals surface area contributed by atoms with E-state index in [1.165, 1.54) is 16.7 Å². The molecule has 0 bridgehead atoms. The van der Waals surface area contributed by atoms with Crippen molar-refractivity contribution in [1.29, 1.82) is 0 Å². The summed E-state index contributed by atoms with van der Waals surface area (Å²) in [5, 5.41) is 12.5. The Balaban J connectivity index is 2.26. The second-order valence-electron chi connectivity index (χ2n) is 5.75. The lowest BCUT2D eigenvalue weighted by Gasteiger charge is -2.09. The molecular weight excluding hydrogens is 381 g/mol. The van der Waals surface area contributed by atoms with Gasteiger partial charge in [0.1, 0.15) is 0 Å². The highest BCUT2D eigenvalue weighted by molar-refractivity contribution is 6.42. The summed E-state index contributed by atoms with van der Waals surface area (Å²) in [5.74, 6) is 0.437.